The van der Waals surface area contributed by atoms with E-state index in [0.717, 1.165) is 16.8 Å². The molecule has 0 aliphatic rings. The summed E-state index contributed by atoms with van der Waals surface area (Å²) in [5, 5.41) is 24.1. The van der Waals surface area contributed by atoms with Gasteiger partial charge < -0.3 is 14.9 Å². The molecule has 0 spiro atoms. The van der Waals surface area contributed by atoms with E-state index >= 15 is 0 Å². The molecule has 0 aliphatic heterocycles. The molecular formula is C20H15FN4O4S. The van der Waals surface area contributed by atoms with Crippen LogP contribution >= 0.6 is 11.3 Å². The fourth-order valence-electron chi connectivity index (χ4n) is 2.77. The molecule has 152 valence electrons. The fraction of sp³-hybridized carbons (Fsp3) is 0.100. The van der Waals surface area contributed by atoms with Crippen molar-refractivity contribution in [3.8, 4) is 27.9 Å². The van der Waals surface area contributed by atoms with Gasteiger partial charge in [-0.1, -0.05) is 0 Å². The number of ether oxygens (including phenoxy) is 1. The third kappa shape index (κ3) is 3.98. The molecule has 0 bridgehead atoms. The number of halogens is 1. The van der Waals surface area contributed by atoms with Crippen LogP contribution in [-0.2, 0) is 6.61 Å². The molecule has 0 radical (unpaired) electrons. The lowest BCUT2D eigenvalue weighted by atomic mass is 10.2. The van der Waals surface area contributed by atoms with E-state index in [1.165, 1.54) is 35.6 Å². The van der Waals surface area contributed by atoms with E-state index in [1.54, 1.807) is 23.0 Å². The monoisotopic (exact) mass is 426 g/mol. The summed E-state index contributed by atoms with van der Waals surface area (Å²) in [7, 11) is 0. The molecule has 0 aliphatic carbocycles. The van der Waals surface area contributed by atoms with Gasteiger partial charge >= 0.3 is 5.97 Å². The Morgan fingerprint density at radius 3 is 2.80 bits per heavy atom. The van der Waals surface area contributed by atoms with Gasteiger partial charge in [0.2, 0.25) is 5.88 Å². The highest BCUT2D eigenvalue weighted by Gasteiger charge is 2.15. The quantitative estimate of drug-likeness (QED) is 0.482. The minimum absolute atomic E-state index is 0.176. The van der Waals surface area contributed by atoms with Crippen molar-refractivity contribution < 1.29 is 24.1 Å². The number of aromatic nitrogens is 4. The average molecular weight is 426 g/mol. The molecule has 0 unspecified atom stereocenters. The van der Waals surface area contributed by atoms with Crippen LogP contribution in [0.2, 0.25) is 0 Å². The first-order valence-electron chi connectivity index (χ1n) is 8.74. The van der Waals surface area contributed by atoms with Crippen molar-refractivity contribution in [2.24, 2.45) is 0 Å². The number of thiazole rings is 1. The number of rotatable bonds is 6. The van der Waals surface area contributed by atoms with Gasteiger partial charge in [0.05, 0.1) is 22.5 Å². The zero-order valence-electron chi connectivity index (χ0n) is 15.6. The molecule has 0 fully saturated rings. The summed E-state index contributed by atoms with van der Waals surface area (Å²) in [6.45, 7) is 2.05. The number of hydrogen-bond acceptors (Lipinski definition) is 7. The smallest absolute Gasteiger partial charge is 0.339 e. The highest BCUT2D eigenvalue weighted by molar-refractivity contribution is 7.15. The molecule has 3 heterocycles. The van der Waals surface area contributed by atoms with Crippen molar-refractivity contribution in [1.29, 1.82) is 0 Å². The van der Waals surface area contributed by atoms with E-state index in [1.807, 2.05) is 6.92 Å². The Balaban J connectivity index is 1.53. The predicted molar refractivity (Wildman–Crippen MR) is 107 cm³/mol. The fourth-order valence-corrected chi connectivity index (χ4v) is 3.71. The molecule has 4 rings (SSSR count). The van der Waals surface area contributed by atoms with Gasteiger partial charge in [-0.25, -0.2) is 23.8 Å². The molecule has 30 heavy (non-hydrogen) atoms. The predicted octanol–water partition coefficient (Wildman–Crippen LogP) is 3.82. The molecule has 0 amide bonds. The van der Waals surface area contributed by atoms with E-state index < -0.39 is 11.8 Å². The Labute approximate surface area is 173 Å². The lowest BCUT2D eigenvalue weighted by Gasteiger charge is -2.04. The van der Waals surface area contributed by atoms with Crippen LogP contribution in [0.15, 0.2) is 48.8 Å². The van der Waals surface area contributed by atoms with Crippen molar-refractivity contribution in [1.82, 2.24) is 19.7 Å². The van der Waals surface area contributed by atoms with Crippen LogP contribution < -0.4 is 4.74 Å². The van der Waals surface area contributed by atoms with E-state index in [4.69, 9.17) is 9.84 Å². The standard InChI is InChI=1S/C20H15FN4O4S/c1-11-19(30-18(23-11)10-29-17-5-2-12(21)9-22-17)15-6-7-25(24-15)13-3-4-14(20(27)28)16(26)8-13/h2-9,26H,10H2,1H3,(H,27,28). The van der Waals surface area contributed by atoms with E-state index in [-0.39, 0.29) is 17.9 Å². The van der Waals surface area contributed by atoms with Gasteiger partial charge in [0.15, 0.2) is 0 Å². The molecule has 3 aromatic heterocycles. The summed E-state index contributed by atoms with van der Waals surface area (Å²) >= 11 is 1.41. The maximum absolute atomic E-state index is 12.9. The van der Waals surface area contributed by atoms with Crippen molar-refractivity contribution in [2.75, 3.05) is 0 Å². The average Bonchev–Trinajstić information content (AvgIpc) is 3.34. The number of phenols is 1. The number of aromatic hydroxyl groups is 1. The zero-order chi connectivity index (χ0) is 21.3. The highest BCUT2D eigenvalue weighted by Crippen LogP contribution is 2.30. The number of carboxylic acids is 1. The highest BCUT2D eigenvalue weighted by atomic mass is 32.1. The van der Waals surface area contributed by atoms with E-state index in [9.17, 15) is 14.3 Å². The van der Waals surface area contributed by atoms with Crippen LogP contribution in [0.3, 0.4) is 0 Å². The van der Waals surface area contributed by atoms with Crippen LogP contribution in [-0.4, -0.2) is 35.9 Å². The molecule has 2 N–H and O–H groups in total. The Morgan fingerprint density at radius 1 is 1.27 bits per heavy atom. The minimum Gasteiger partial charge on any atom is -0.507 e. The largest absolute Gasteiger partial charge is 0.507 e. The number of carbonyl (C=O) groups is 1. The Bertz CT molecular complexity index is 1220. The van der Waals surface area contributed by atoms with Crippen LogP contribution in [0.5, 0.6) is 11.6 Å². The lowest BCUT2D eigenvalue weighted by molar-refractivity contribution is 0.0693. The minimum atomic E-state index is -1.20. The van der Waals surface area contributed by atoms with Crippen LogP contribution in [0.1, 0.15) is 21.1 Å². The lowest BCUT2D eigenvalue weighted by Crippen LogP contribution is -2.00. The number of nitrogens with zero attached hydrogens (tertiary/aromatic N) is 4. The molecule has 1 aromatic carbocycles. The van der Waals surface area contributed by atoms with Gasteiger partial charge in [-0.15, -0.1) is 11.3 Å². The Morgan fingerprint density at radius 2 is 2.10 bits per heavy atom. The summed E-state index contributed by atoms with van der Waals surface area (Å²) in [6.07, 6.45) is 2.80. The number of benzene rings is 1. The van der Waals surface area contributed by atoms with E-state index in [0.29, 0.717) is 22.3 Å². The second-order valence-corrected chi connectivity index (χ2v) is 7.36. The molecule has 10 heteroatoms. The van der Waals surface area contributed by atoms with Crippen LogP contribution in [0.25, 0.3) is 16.3 Å². The molecule has 0 atom stereocenters. The van der Waals surface area contributed by atoms with Gasteiger partial charge in [-0.05, 0) is 31.2 Å². The van der Waals surface area contributed by atoms with Crippen molar-refractivity contribution in [2.45, 2.75) is 13.5 Å². The summed E-state index contributed by atoms with van der Waals surface area (Å²) in [6, 6.07) is 8.75. The Hall–Kier alpha value is -3.79. The third-order valence-electron chi connectivity index (χ3n) is 4.18. The van der Waals surface area contributed by atoms with E-state index in [2.05, 4.69) is 15.1 Å². The van der Waals surface area contributed by atoms with Crippen LogP contribution in [0.4, 0.5) is 4.39 Å². The molecule has 8 nitrogen and oxygen atoms in total. The SMILES string of the molecule is Cc1nc(COc2ccc(F)cn2)sc1-c1ccn(-c2ccc(C(=O)O)c(O)c2)n1. The topological polar surface area (TPSA) is 110 Å². The van der Waals surface area contributed by atoms with Gasteiger partial charge in [0.25, 0.3) is 0 Å². The first-order chi connectivity index (χ1) is 14.4. The third-order valence-corrected chi connectivity index (χ3v) is 5.34. The number of pyridine rings is 1. The second kappa shape index (κ2) is 7.91. The molecule has 0 saturated carbocycles. The van der Waals surface area contributed by atoms with Gasteiger partial charge in [0, 0.05) is 18.3 Å². The summed E-state index contributed by atoms with van der Waals surface area (Å²) in [5.41, 5.74) is 1.81. The van der Waals surface area contributed by atoms with Crippen molar-refractivity contribution in [3.05, 3.63) is 70.9 Å². The summed E-state index contributed by atoms with van der Waals surface area (Å²) in [5.74, 6) is -1.66. The first-order valence-corrected chi connectivity index (χ1v) is 9.56. The van der Waals surface area contributed by atoms with Gasteiger partial charge in [0.1, 0.15) is 34.4 Å². The zero-order valence-corrected chi connectivity index (χ0v) is 16.4. The molecule has 4 aromatic rings. The normalized spacial score (nSPS) is 10.9. The maximum atomic E-state index is 12.9. The van der Waals surface area contributed by atoms with Crippen molar-refractivity contribution >= 4 is 17.3 Å². The molecule has 0 saturated heterocycles. The Kier molecular flexibility index (Phi) is 5.15. The number of hydrogen-bond donors (Lipinski definition) is 2. The number of aryl methyl sites for hydroxylation is 1. The second-order valence-electron chi connectivity index (χ2n) is 6.28. The number of carboxylic acid groups (broad SMARTS) is 1. The first kappa shape index (κ1) is 19.5. The van der Waals surface area contributed by atoms with Gasteiger partial charge in [-0.2, -0.15) is 5.10 Å². The number of aromatic carboxylic acids is 1. The maximum Gasteiger partial charge on any atom is 0.339 e. The summed E-state index contributed by atoms with van der Waals surface area (Å²) < 4.78 is 20.0. The van der Waals surface area contributed by atoms with Gasteiger partial charge in [-0.3, -0.25) is 0 Å². The van der Waals surface area contributed by atoms with Crippen LogP contribution in [0, 0.1) is 12.7 Å². The summed E-state index contributed by atoms with van der Waals surface area (Å²) in [4.78, 5) is 20.2. The molecular weight excluding hydrogens is 411 g/mol. The van der Waals surface area contributed by atoms with Crippen molar-refractivity contribution in [3.63, 3.8) is 0 Å².